The van der Waals surface area contributed by atoms with Crippen LogP contribution in [0.3, 0.4) is 0 Å². The van der Waals surface area contributed by atoms with E-state index in [1.807, 2.05) is 26.1 Å². The predicted molar refractivity (Wildman–Crippen MR) is 156 cm³/mol. The Morgan fingerprint density at radius 2 is 2.00 bits per heavy atom. The second kappa shape index (κ2) is 12.4. The van der Waals surface area contributed by atoms with Gasteiger partial charge in [0, 0.05) is 57.0 Å². The summed E-state index contributed by atoms with van der Waals surface area (Å²) >= 11 is 0. The molecular weight excluding hydrogens is 527 g/mol. The first kappa shape index (κ1) is 28.1. The van der Waals surface area contributed by atoms with Crippen molar-refractivity contribution in [3.05, 3.63) is 54.2 Å². The molecule has 0 radical (unpaired) electrons. The molecule has 0 saturated carbocycles. The van der Waals surface area contributed by atoms with E-state index < -0.39 is 11.7 Å². The highest BCUT2D eigenvalue weighted by Crippen LogP contribution is 2.30. The van der Waals surface area contributed by atoms with Crippen LogP contribution in [0.1, 0.15) is 30.3 Å². The Labute approximate surface area is 237 Å². The molecule has 1 aliphatic heterocycles. The molecule has 1 fully saturated rings. The lowest BCUT2D eigenvalue weighted by Gasteiger charge is -2.32. The van der Waals surface area contributed by atoms with Gasteiger partial charge in [-0.2, -0.15) is 0 Å². The maximum absolute atomic E-state index is 14.2. The van der Waals surface area contributed by atoms with Crippen molar-refractivity contribution in [2.75, 3.05) is 60.7 Å². The highest BCUT2D eigenvalue weighted by atomic mass is 19.1. The molecule has 0 unspecified atom stereocenters. The largest absolute Gasteiger partial charge is 0.382 e. The van der Waals surface area contributed by atoms with Crippen LogP contribution in [0.2, 0.25) is 0 Å². The normalized spacial score (nSPS) is 13.9. The number of amides is 1. The smallest absolute Gasteiger partial charge is 0.279 e. The molecule has 0 spiro atoms. The average Bonchev–Trinajstić information content (AvgIpc) is 2.97. The molecular formula is C28H33FN10O2. The number of halogens is 1. The molecule has 1 aromatic carbocycles. The number of anilines is 4. The molecule has 1 saturated heterocycles. The number of nitrogens with zero attached hydrogens (tertiary/aromatic N) is 7. The molecule has 41 heavy (non-hydrogen) atoms. The summed E-state index contributed by atoms with van der Waals surface area (Å²) in [5.41, 5.74) is 13.9. The van der Waals surface area contributed by atoms with Gasteiger partial charge >= 0.3 is 0 Å². The third-order valence-corrected chi connectivity index (χ3v) is 6.92. The van der Waals surface area contributed by atoms with Gasteiger partial charge in [-0.1, -0.05) is 0 Å². The second-order valence-electron chi connectivity index (χ2n) is 9.79. The lowest BCUT2D eigenvalue weighted by molar-refractivity contribution is 0.102. The number of ether oxygens (including phenoxy) is 1. The summed E-state index contributed by atoms with van der Waals surface area (Å²) in [6.45, 7) is 5.01. The van der Waals surface area contributed by atoms with Crippen molar-refractivity contribution in [3.8, 4) is 11.4 Å². The number of pyridine rings is 1. The average molecular weight is 561 g/mol. The van der Waals surface area contributed by atoms with Crippen LogP contribution >= 0.6 is 0 Å². The van der Waals surface area contributed by atoms with Crippen LogP contribution in [0.5, 0.6) is 0 Å². The first-order valence-electron chi connectivity index (χ1n) is 13.5. The quantitative estimate of drug-likeness (QED) is 0.258. The molecule has 1 amide bonds. The van der Waals surface area contributed by atoms with Gasteiger partial charge < -0.3 is 31.3 Å². The first-order chi connectivity index (χ1) is 19.8. The number of rotatable bonds is 9. The van der Waals surface area contributed by atoms with Crippen LogP contribution in [0.25, 0.3) is 22.3 Å². The van der Waals surface area contributed by atoms with E-state index >= 15 is 0 Å². The van der Waals surface area contributed by atoms with E-state index in [4.69, 9.17) is 21.2 Å². The summed E-state index contributed by atoms with van der Waals surface area (Å²) < 4.78 is 19.6. The number of nitrogens with one attached hydrogen (secondary N) is 1. The number of nitrogens with two attached hydrogens (primary N) is 2. The van der Waals surface area contributed by atoms with Crippen LogP contribution in [0, 0.1) is 5.82 Å². The third kappa shape index (κ3) is 6.31. The maximum atomic E-state index is 14.2. The van der Waals surface area contributed by atoms with E-state index in [0.717, 1.165) is 31.6 Å². The molecule has 13 heteroatoms. The van der Waals surface area contributed by atoms with Gasteiger partial charge in [-0.3, -0.25) is 4.79 Å². The van der Waals surface area contributed by atoms with Crippen molar-refractivity contribution in [3.63, 3.8) is 0 Å². The Hall–Kier alpha value is -4.49. The van der Waals surface area contributed by atoms with E-state index in [9.17, 15) is 9.18 Å². The van der Waals surface area contributed by atoms with Crippen LogP contribution in [0.15, 0.2) is 42.7 Å². The third-order valence-electron chi connectivity index (χ3n) is 6.92. The summed E-state index contributed by atoms with van der Waals surface area (Å²) in [6.07, 6.45) is 4.74. The van der Waals surface area contributed by atoms with Gasteiger partial charge in [0.2, 0.25) is 5.95 Å². The summed E-state index contributed by atoms with van der Waals surface area (Å²) in [7, 11) is 1.82. The molecule has 0 bridgehead atoms. The fourth-order valence-electron chi connectivity index (χ4n) is 4.64. The summed E-state index contributed by atoms with van der Waals surface area (Å²) in [5.74, 6) is -0.312. The molecule has 1 aliphatic rings. The fraction of sp³-hybridized carbons (Fsp3) is 0.357. The van der Waals surface area contributed by atoms with Crippen molar-refractivity contribution >= 4 is 40.1 Å². The van der Waals surface area contributed by atoms with Gasteiger partial charge in [-0.15, -0.1) is 0 Å². The van der Waals surface area contributed by atoms with E-state index in [1.165, 1.54) is 18.3 Å². The SMILES string of the molecule is CCOCCN(C)c1nc(-c2cnc(N)c(C(=O)Nc3ncccc3N3CCC(N)CC3)n2)c2ccc(F)cc2n1. The number of carbonyl (C=O) groups excluding carboxylic acids is 1. The van der Waals surface area contributed by atoms with Crippen LogP contribution in [0.4, 0.5) is 27.7 Å². The van der Waals surface area contributed by atoms with Crippen molar-refractivity contribution in [1.29, 1.82) is 0 Å². The lowest BCUT2D eigenvalue weighted by Crippen LogP contribution is -2.40. The zero-order valence-corrected chi connectivity index (χ0v) is 23.0. The molecule has 214 valence electrons. The Bertz CT molecular complexity index is 1540. The Kier molecular flexibility index (Phi) is 8.45. The molecule has 5 N–H and O–H groups in total. The van der Waals surface area contributed by atoms with Gasteiger partial charge in [0.1, 0.15) is 17.2 Å². The molecule has 3 aromatic heterocycles. The fourth-order valence-corrected chi connectivity index (χ4v) is 4.64. The van der Waals surface area contributed by atoms with Crippen molar-refractivity contribution in [2.45, 2.75) is 25.8 Å². The number of hydrogen-bond acceptors (Lipinski definition) is 11. The van der Waals surface area contributed by atoms with Gasteiger partial charge in [0.05, 0.1) is 24.0 Å². The van der Waals surface area contributed by atoms with E-state index in [0.29, 0.717) is 48.1 Å². The highest BCUT2D eigenvalue weighted by Gasteiger charge is 2.23. The van der Waals surface area contributed by atoms with E-state index in [1.54, 1.807) is 17.2 Å². The topological polar surface area (TPSA) is 161 Å². The number of nitrogen functional groups attached to an aromatic ring is 1. The molecule has 0 atom stereocenters. The monoisotopic (exact) mass is 560 g/mol. The highest BCUT2D eigenvalue weighted by molar-refractivity contribution is 6.07. The second-order valence-corrected chi connectivity index (χ2v) is 9.79. The number of fused-ring (bicyclic) bond motifs is 1. The Morgan fingerprint density at radius 3 is 2.78 bits per heavy atom. The number of hydrogen-bond donors (Lipinski definition) is 3. The minimum atomic E-state index is -0.566. The summed E-state index contributed by atoms with van der Waals surface area (Å²) in [5, 5.41) is 3.40. The molecule has 4 aromatic rings. The van der Waals surface area contributed by atoms with Crippen LogP contribution < -0.4 is 26.6 Å². The lowest BCUT2D eigenvalue weighted by atomic mass is 10.1. The van der Waals surface area contributed by atoms with Gasteiger partial charge in [-0.05, 0) is 44.0 Å². The molecule has 4 heterocycles. The number of piperidine rings is 1. The molecule has 0 aliphatic carbocycles. The van der Waals surface area contributed by atoms with Crippen molar-refractivity contribution < 1.29 is 13.9 Å². The van der Waals surface area contributed by atoms with Crippen molar-refractivity contribution in [2.24, 2.45) is 5.73 Å². The first-order valence-corrected chi connectivity index (χ1v) is 13.5. The summed E-state index contributed by atoms with van der Waals surface area (Å²) in [4.78, 5) is 39.8. The number of benzene rings is 1. The van der Waals surface area contributed by atoms with Crippen LogP contribution in [-0.2, 0) is 4.74 Å². The number of carbonyl (C=O) groups is 1. The van der Waals surface area contributed by atoms with Crippen LogP contribution in [-0.4, -0.2) is 76.8 Å². The zero-order chi connectivity index (χ0) is 28.9. The standard InChI is InChI=1S/C28H33FN10O2/c1-3-41-14-13-38(2)28-35-20-15-17(29)6-7-19(20)23(36-28)21-16-33-25(31)24(34-21)27(40)37-26-22(5-4-10-32-26)39-11-8-18(30)9-12-39/h4-7,10,15-16,18H,3,8-9,11-14,30H2,1-2H3,(H2,31,33)(H,32,37,40). The van der Waals surface area contributed by atoms with E-state index in [2.05, 4.69) is 30.2 Å². The van der Waals surface area contributed by atoms with Crippen molar-refractivity contribution in [1.82, 2.24) is 24.9 Å². The van der Waals surface area contributed by atoms with E-state index in [-0.39, 0.29) is 23.2 Å². The number of likely N-dealkylation sites (N-methyl/N-ethyl adjacent to an activating group) is 1. The summed E-state index contributed by atoms with van der Waals surface area (Å²) in [6, 6.07) is 8.11. The van der Waals surface area contributed by atoms with Gasteiger partial charge in [0.25, 0.3) is 5.91 Å². The van der Waals surface area contributed by atoms with Gasteiger partial charge in [-0.25, -0.2) is 29.3 Å². The molecule has 5 rings (SSSR count). The minimum absolute atomic E-state index is 0.0499. The van der Waals surface area contributed by atoms with Gasteiger partial charge in [0.15, 0.2) is 17.3 Å². The maximum Gasteiger partial charge on any atom is 0.279 e. The predicted octanol–water partition coefficient (Wildman–Crippen LogP) is 2.86. The minimum Gasteiger partial charge on any atom is -0.382 e. The zero-order valence-electron chi connectivity index (χ0n) is 23.0. The molecule has 12 nitrogen and oxygen atoms in total. The Balaban J connectivity index is 1.48. The number of aromatic nitrogens is 5. The Morgan fingerprint density at radius 1 is 1.20 bits per heavy atom.